The maximum Gasteiger partial charge on any atom is 0.304 e. The molecule has 126 valence electrons. The van der Waals surface area contributed by atoms with Crippen molar-refractivity contribution in [3.8, 4) is 11.5 Å². The summed E-state index contributed by atoms with van der Waals surface area (Å²) >= 11 is 0. The number of methoxy groups -OCH3 is 3. The Morgan fingerprint density at radius 2 is 1.62 bits per heavy atom. The van der Waals surface area contributed by atoms with Gasteiger partial charge in [0, 0.05) is 19.8 Å². The summed E-state index contributed by atoms with van der Waals surface area (Å²) < 4.78 is 21.8. The number of Topliss-reactive ketones (excluding diaryl/α,β-unsaturated/α-hetero) is 1. The zero-order valence-corrected chi connectivity index (χ0v) is 13.6. The molecule has 24 heavy (non-hydrogen) atoms. The highest BCUT2D eigenvalue weighted by Gasteiger charge is 2.64. The molecule has 0 saturated carbocycles. The van der Waals surface area contributed by atoms with Crippen molar-refractivity contribution < 1.29 is 28.8 Å². The Bertz CT molecular complexity index is 756. The van der Waals surface area contributed by atoms with E-state index >= 15 is 0 Å². The van der Waals surface area contributed by atoms with Crippen molar-refractivity contribution in [1.82, 2.24) is 0 Å². The lowest BCUT2D eigenvalue weighted by Crippen LogP contribution is -2.64. The Morgan fingerprint density at radius 3 is 2.21 bits per heavy atom. The van der Waals surface area contributed by atoms with Crippen molar-refractivity contribution in [3.05, 3.63) is 59.7 Å². The summed E-state index contributed by atoms with van der Waals surface area (Å²) in [5, 5.41) is 11.0. The van der Waals surface area contributed by atoms with Crippen LogP contribution in [-0.2, 0) is 15.3 Å². The van der Waals surface area contributed by atoms with Crippen LogP contribution in [0.15, 0.2) is 48.5 Å². The summed E-state index contributed by atoms with van der Waals surface area (Å²) in [7, 11) is 4.12. The van der Waals surface area contributed by atoms with Crippen LogP contribution in [0.5, 0.6) is 11.5 Å². The number of hydrogen-bond donors (Lipinski definition) is 1. The summed E-state index contributed by atoms with van der Waals surface area (Å²) in [5.74, 6) is -3.90. The van der Waals surface area contributed by atoms with Gasteiger partial charge in [-0.3, -0.25) is 4.79 Å². The van der Waals surface area contributed by atoms with E-state index in [4.69, 9.17) is 18.9 Å². The third-order valence-corrected chi connectivity index (χ3v) is 4.19. The minimum Gasteiger partial charge on any atom is -0.497 e. The third kappa shape index (κ3) is 2.11. The number of benzene rings is 2. The van der Waals surface area contributed by atoms with Crippen LogP contribution in [-0.4, -0.2) is 38.0 Å². The van der Waals surface area contributed by atoms with Gasteiger partial charge in [0.2, 0.25) is 5.78 Å². The molecule has 2 aromatic carbocycles. The monoisotopic (exact) mass is 330 g/mol. The standard InChI is InChI=1S/C18H18O6/c1-21-13-10-8-12(9-11-13)18(23-3)17(20,22-2)16(19)14-6-4-5-7-15(14)24-18/h4-11,20H,1-3H3. The van der Waals surface area contributed by atoms with Crippen LogP contribution in [0.3, 0.4) is 0 Å². The predicted molar refractivity (Wildman–Crippen MR) is 85.0 cm³/mol. The summed E-state index contributed by atoms with van der Waals surface area (Å²) in [6.07, 6.45) is 0. The summed E-state index contributed by atoms with van der Waals surface area (Å²) in [4.78, 5) is 12.9. The Labute approximate surface area is 139 Å². The van der Waals surface area contributed by atoms with Crippen molar-refractivity contribution in [2.75, 3.05) is 21.3 Å². The molecule has 6 heteroatoms. The van der Waals surface area contributed by atoms with Crippen molar-refractivity contribution in [3.63, 3.8) is 0 Å². The molecule has 0 aliphatic carbocycles. The predicted octanol–water partition coefficient (Wildman–Crippen LogP) is 2.10. The first kappa shape index (κ1) is 16.4. The topological polar surface area (TPSA) is 74.2 Å². The van der Waals surface area contributed by atoms with Crippen molar-refractivity contribution in [2.24, 2.45) is 0 Å². The van der Waals surface area contributed by atoms with Gasteiger partial charge in [-0.1, -0.05) is 12.1 Å². The molecule has 0 fully saturated rings. The Kier molecular flexibility index (Phi) is 4.04. The molecule has 0 spiro atoms. The van der Waals surface area contributed by atoms with Crippen molar-refractivity contribution in [2.45, 2.75) is 11.6 Å². The van der Waals surface area contributed by atoms with E-state index in [9.17, 15) is 9.90 Å². The molecule has 1 N–H and O–H groups in total. The van der Waals surface area contributed by atoms with E-state index in [-0.39, 0.29) is 5.56 Å². The van der Waals surface area contributed by atoms with Gasteiger partial charge in [-0.05, 0) is 36.4 Å². The van der Waals surface area contributed by atoms with E-state index in [0.29, 0.717) is 17.1 Å². The first-order valence-electron chi connectivity index (χ1n) is 7.32. The zero-order valence-electron chi connectivity index (χ0n) is 13.6. The van der Waals surface area contributed by atoms with E-state index in [1.807, 2.05) is 0 Å². The number of rotatable bonds is 4. The van der Waals surface area contributed by atoms with Crippen LogP contribution >= 0.6 is 0 Å². The quantitative estimate of drug-likeness (QED) is 0.866. The maximum absolute atomic E-state index is 12.9. The molecule has 2 aromatic rings. The molecule has 2 atom stereocenters. The Balaban J connectivity index is 2.22. The van der Waals surface area contributed by atoms with E-state index in [0.717, 1.165) is 0 Å². The van der Waals surface area contributed by atoms with Crippen molar-refractivity contribution >= 4 is 5.78 Å². The molecule has 1 aliphatic rings. The number of hydrogen-bond acceptors (Lipinski definition) is 6. The molecule has 2 unspecified atom stereocenters. The number of aliphatic hydroxyl groups is 1. The lowest BCUT2D eigenvalue weighted by atomic mass is 9.86. The smallest absolute Gasteiger partial charge is 0.304 e. The lowest BCUT2D eigenvalue weighted by Gasteiger charge is -2.46. The lowest BCUT2D eigenvalue weighted by molar-refractivity contribution is -0.346. The van der Waals surface area contributed by atoms with Gasteiger partial charge in [-0.25, -0.2) is 0 Å². The number of ketones is 1. The van der Waals surface area contributed by atoms with Gasteiger partial charge in [0.1, 0.15) is 11.5 Å². The number of carbonyl (C=O) groups excluding carboxylic acids is 1. The molecule has 0 radical (unpaired) electrons. The van der Waals surface area contributed by atoms with Gasteiger partial charge < -0.3 is 24.1 Å². The van der Waals surface area contributed by atoms with Crippen LogP contribution in [0.2, 0.25) is 0 Å². The zero-order chi connectivity index (χ0) is 17.4. The van der Waals surface area contributed by atoms with E-state index in [1.54, 1.807) is 55.6 Å². The van der Waals surface area contributed by atoms with Crippen molar-refractivity contribution in [1.29, 1.82) is 0 Å². The fraction of sp³-hybridized carbons (Fsp3) is 0.278. The molecule has 0 amide bonds. The highest BCUT2D eigenvalue weighted by Crippen LogP contribution is 2.46. The number of para-hydroxylation sites is 1. The SMILES string of the molecule is COc1ccc(C2(OC)Oc3ccccc3C(=O)C2(O)OC)cc1. The minimum atomic E-state index is -2.34. The highest BCUT2D eigenvalue weighted by atomic mass is 16.8. The molecular formula is C18H18O6. The van der Waals surface area contributed by atoms with Crippen LogP contribution in [0.4, 0.5) is 0 Å². The normalized spacial score (nSPS) is 25.8. The molecular weight excluding hydrogens is 312 g/mol. The minimum absolute atomic E-state index is 0.225. The van der Waals surface area contributed by atoms with E-state index in [1.165, 1.54) is 14.2 Å². The molecule has 0 bridgehead atoms. The van der Waals surface area contributed by atoms with E-state index in [2.05, 4.69) is 0 Å². The molecule has 0 saturated heterocycles. The average molecular weight is 330 g/mol. The summed E-state index contributed by atoms with van der Waals surface area (Å²) in [6, 6.07) is 13.3. The fourth-order valence-electron chi connectivity index (χ4n) is 2.89. The third-order valence-electron chi connectivity index (χ3n) is 4.19. The van der Waals surface area contributed by atoms with Gasteiger partial charge in [-0.15, -0.1) is 0 Å². The largest absolute Gasteiger partial charge is 0.497 e. The maximum atomic E-state index is 12.9. The molecule has 1 aliphatic heterocycles. The second-order valence-corrected chi connectivity index (χ2v) is 5.32. The molecule has 1 heterocycles. The van der Waals surface area contributed by atoms with Crippen LogP contribution in [0.1, 0.15) is 15.9 Å². The number of carbonyl (C=O) groups is 1. The first-order chi connectivity index (χ1) is 11.5. The summed E-state index contributed by atoms with van der Waals surface area (Å²) in [5.41, 5.74) is 0.640. The summed E-state index contributed by atoms with van der Waals surface area (Å²) in [6.45, 7) is 0. The van der Waals surface area contributed by atoms with Crippen LogP contribution in [0, 0.1) is 0 Å². The second-order valence-electron chi connectivity index (χ2n) is 5.32. The van der Waals surface area contributed by atoms with Gasteiger partial charge in [0.05, 0.1) is 12.7 Å². The van der Waals surface area contributed by atoms with E-state index < -0.39 is 17.4 Å². The first-order valence-corrected chi connectivity index (χ1v) is 7.32. The molecule has 3 rings (SSSR count). The van der Waals surface area contributed by atoms with Gasteiger partial charge in [0.25, 0.3) is 5.79 Å². The van der Waals surface area contributed by atoms with Crippen LogP contribution < -0.4 is 9.47 Å². The molecule has 6 nitrogen and oxygen atoms in total. The average Bonchev–Trinajstić information content (AvgIpc) is 2.64. The fourth-order valence-corrected chi connectivity index (χ4v) is 2.89. The molecule has 0 aromatic heterocycles. The van der Waals surface area contributed by atoms with Gasteiger partial charge >= 0.3 is 5.79 Å². The van der Waals surface area contributed by atoms with Crippen LogP contribution in [0.25, 0.3) is 0 Å². The van der Waals surface area contributed by atoms with Gasteiger partial charge in [-0.2, -0.15) is 0 Å². The highest BCUT2D eigenvalue weighted by molar-refractivity contribution is 6.05. The second kappa shape index (κ2) is 5.90. The number of fused-ring (bicyclic) bond motifs is 1. The Morgan fingerprint density at radius 1 is 0.958 bits per heavy atom. The van der Waals surface area contributed by atoms with Gasteiger partial charge in [0.15, 0.2) is 0 Å². The Hall–Kier alpha value is -2.41. The number of ether oxygens (including phenoxy) is 4.